The van der Waals surface area contributed by atoms with E-state index in [9.17, 15) is 5.11 Å². The summed E-state index contributed by atoms with van der Waals surface area (Å²) >= 11 is 0. The van der Waals surface area contributed by atoms with Crippen LogP contribution in [0.25, 0.3) is 0 Å². The summed E-state index contributed by atoms with van der Waals surface area (Å²) in [6, 6.07) is 5.79. The number of aromatic nitrogens is 1. The Kier molecular flexibility index (Phi) is 3.69. The van der Waals surface area contributed by atoms with Crippen molar-refractivity contribution in [1.29, 1.82) is 0 Å². The van der Waals surface area contributed by atoms with Crippen LogP contribution in [0.2, 0.25) is 0 Å². The Balaban J connectivity index is 1.88. The number of aliphatic hydroxyl groups excluding tert-OH is 1. The van der Waals surface area contributed by atoms with Gasteiger partial charge in [0.2, 0.25) is 0 Å². The van der Waals surface area contributed by atoms with Crippen molar-refractivity contribution >= 4 is 0 Å². The van der Waals surface area contributed by atoms with E-state index in [1.54, 1.807) is 6.20 Å². The van der Waals surface area contributed by atoms with E-state index in [-0.39, 0.29) is 12.0 Å². The van der Waals surface area contributed by atoms with Gasteiger partial charge in [0.15, 0.2) is 0 Å². The molecule has 1 fully saturated rings. The van der Waals surface area contributed by atoms with Crippen LogP contribution in [0, 0.1) is 5.92 Å². The van der Waals surface area contributed by atoms with Gasteiger partial charge >= 0.3 is 0 Å². The van der Waals surface area contributed by atoms with Crippen LogP contribution in [0.4, 0.5) is 0 Å². The Morgan fingerprint density at radius 1 is 1.53 bits per heavy atom. The Hall–Kier alpha value is -0.930. The molecule has 0 radical (unpaired) electrons. The van der Waals surface area contributed by atoms with Crippen molar-refractivity contribution in [2.45, 2.75) is 25.4 Å². The van der Waals surface area contributed by atoms with Crippen molar-refractivity contribution in [2.75, 3.05) is 13.2 Å². The van der Waals surface area contributed by atoms with Gasteiger partial charge in [0, 0.05) is 30.8 Å². The van der Waals surface area contributed by atoms with E-state index in [1.165, 1.54) is 0 Å². The Morgan fingerprint density at radius 3 is 3.13 bits per heavy atom. The van der Waals surface area contributed by atoms with Gasteiger partial charge in [-0.15, -0.1) is 0 Å². The number of ether oxygens (including phenoxy) is 1. The molecule has 1 N–H and O–H groups in total. The summed E-state index contributed by atoms with van der Waals surface area (Å²) in [6.07, 6.45) is 4.20. The van der Waals surface area contributed by atoms with Gasteiger partial charge in [-0.3, -0.25) is 4.98 Å². The van der Waals surface area contributed by atoms with Crippen molar-refractivity contribution < 1.29 is 9.84 Å². The summed E-state index contributed by atoms with van der Waals surface area (Å²) < 4.78 is 5.36. The van der Waals surface area contributed by atoms with Crippen LogP contribution in [-0.4, -0.2) is 29.4 Å². The summed E-state index contributed by atoms with van der Waals surface area (Å²) in [7, 11) is 0. The first-order chi connectivity index (χ1) is 7.36. The molecule has 0 spiro atoms. The molecule has 3 nitrogen and oxygen atoms in total. The van der Waals surface area contributed by atoms with Gasteiger partial charge in [-0.2, -0.15) is 0 Å². The zero-order chi connectivity index (χ0) is 10.5. The van der Waals surface area contributed by atoms with Gasteiger partial charge in [-0.05, 0) is 25.0 Å². The lowest BCUT2D eigenvalue weighted by atomic mass is 9.93. The van der Waals surface area contributed by atoms with Crippen LogP contribution in [0.5, 0.6) is 0 Å². The molecule has 82 valence electrons. The largest absolute Gasteiger partial charge is 0.392 e. The number of nitrogens with zero attached hydrogens (tertiary/aromatic N) is 1. The lowest BCUT2D eigenvalue weighted by Gasteiger charge is -2.26. The van der Waals surface area contributed by atoms with Crippen molar-refractivity contribution in [3.05, 3.63) is 30.1 Å². The first-order valence-corrected chi connectivity index (χ1v) is 5.52. The lowest BCUT2D eigenvalue weighted by molar-refractivity contribution is -0.00878. The molecule has 2 heterocycles. The zero-order valence-corrected chi connectivity index (χ0v) is 8.80. The highest BCUT2D eigenvalue weighted by molar-refractivity contribution is 5.05. The first kappa shape index (κ1) is 10.6. The fourth-order valence-corrected chi connectivity index (χ4v) is 1.97. The number of pyridine rings is 1. The van der Waals surface area contributed by atoms with Crippen LogP contribution in [0.3, 0.4) is 0 Å². The number of aliphatic hydroxyl groups is 1. The number of rotatable bonds is 3. The third-order valence-electron chi connectivity index (χ3n) is 2.88. The molecule has 0 aliphatic carbocycles. The summed E-state index contributed by atoms with van der Waals surface area (Å²) in [5.74, 6) is 0.278. The minimum Gasteiger partial charge on any atom is -0.392 e. The smallest absolute Gasteiger partial charge is 0.0645 e. The van der Waals surface area contributed by atoms with E-state index in [0.29, 0.717) is 13.0 Å². The summed E-state index contributed by atoms with van der Waals surface area (Å²) in [5, 5.41) is 10.0. The van der Waals surface area contributed by atoms with Gasteiger partial charge in [0.25, 0.3) is 0 Å². The highest BCUT2D eigenvalue weighted by atomic mass is 16.5. The average molecular weight is 207 g/mol. The number of hydrogen-bond donors (Lipinski definition) is 1. The Bertz CT molecular complexity index is 283. The Labute approximate surface area is 90.1 Å². The molecule has 1 aromatic heterocycles. The fraction of sp³-hybridized carbons (Fsp3) is 0.583. The molecule has 15 heavy (non-hydrogen) atoms. The maximum atomic E-state index is 10.0. The van der Waals surface area contributed by atoms with E-state index in [2.05, 4.69) is 4.98 Å². The highest BCUT2D eigenvalue weighted by Crippen LogP contribution is 2.19. The van der Waals surface area contributed by atoms with Gasteiger partial charge < -0.3 is 9.84 Å². The topological polar surface area (TPSA) is 42.4 Å². The minimum atomic E-state index is -0.319. The summed E-state index contributed by atoms with van der Waals surface area (Å²) in [6.45, 7) is 1.53. The SMILES string of the molecule is OC(Cc1ccccn1)C1CCCOC1. The standard InChI is InChI=1S/C12H17NO2/c14-12(10-4-3-7-15-9-10)8-11-5-1-2-6-13-11/h1-2,5-6,10,12,14H,3-4,7-9H2. The van der Waals surface area contributed by atoms with Gasteiger partial charge in [0.05, 0.1) is 12.7 Å². The molecule has 1 aromatic rings. The van der Waals surface area contributed by atoms with E-state index in [4.69, 9.17) is 4.74 Å². The third kappa shape index (κ3) is 3.01. The minimum absolute atomic E-state index is 0.278. The Morgan fingerprint density at radius 2 is 2.47 bits per heavy atom. The second-order valence-corrected chi connectivity index (χ2v) is 4.07. The lowest BCUT2D eigenvalue weighted by Crippen LogP contribution is -2.30. The van der Waals surface area contributed by atoms with E-state index in [0.717, 1.165) is 25.1 Å². The van der Waals surface area contributed by atoms with Crippen molar-refractivity contribution in [1.82, 2.24) is 4.98 Å². The molecule has 3 heteroatoms. The number of hydrogen-bond acceptors (Lipinski definition) is 3. The molecule has 0 aromatic carbocycles. The van der Waals surface area contributed by atoms with Crippen molar-refractivity contribution in [3.8, 4) is 0 Å². The maximum absolute atomic E-state index is 10.0. The summed E-state index contributed by atoms with van der Waals surface area (Å²) in [5.41, 5.74) is 0.954. The summed E-state index contributed by atoms with van der Waals surface area (Å²) in [4.78, 5) is 4.21. The van der Waals surface area contributed by atoms with E-state index < -0.39 is 0 Å². The molecule has 2 unspecified atom stereocenters. The molecule has 0 saturated carbocycles. The van der Waals surface area contributed by atoms with Crippen molar-refractivity contribution in [3.63, 3.8) is 0 Å². The molecule has 1 aliphatic rings. The molecule has 0 amide bonds. The maximum Gasteiger partial charge on any atom is 0.0645 e. The molecule has 2 atom stereocenters. The molecular formula is C12H17NO2. The fourth-order valence-electron chi connectivity index (χ4n) is 1.97. The molecule has 0 bridgehead atoms. The van der Waals surface area contributed by atoms with Crippen LogP contribution in [0.15, 0.2) is 24.4 Å². The molecule has 1 aliphatic heterocycles. The zero-order valence-electron chi connectivity index (χ0n) is 8.80. The molecule has 2 rings (SSSR count). The van der Waals surface area contributed by atoms with E-state index in [1.807, 2.05) is 18.2 Å². The normalized spacial score (nSPS) is 23.7. The second kappa shape index (κ2) is 5.24. The predicted octanol–water partition coefficient (Wildman–Crippen LogP) is 1.41. The monoisotopic (exact) mass is 207 g/mol. The second-order valence-electron chi connectivity index (χ2n) is 4.07. The first-order valence-electron chi connectivity index (χ1n) is 5.52. The van der Waals surface area contributed by atoms with Gasteiger partial charge in [0.1, 0.15) is 0 Å². The predicted molar refractivity (Wildman–Crippen MR) is 57.5 cm³/mol. The average Bonchev–Trinajstić information content (AvgIpc) is 2.31. The van der Waals surface area contributed by atoms with E-state index >= 15 is 0 Å². The molecule has 1 saturated heterocycles. The van der Waals surface area contributed by atoms with Gasteiger partial charge in [-0.1, -0.05) is 6.07 Å². The van der Waals surface area contributed by atoms with Gasteiger partial charge in [-0.25, -0.2) is 0 Å². The van der Waals surface area contributed by atoms with Crippen LogP contribution >= 0.6 is 0 Å². The van der Waals surface area contributed by atoms with Crippen LogP contribution in [0.1, 0.15) is 18.5 Å². The van der Waals surface area contributed by atoms with Crippen LogP contribution in [-0.2, 0) is 11.2 Å². The molecular weight excluding hydrogens is 190 g/mol. The third-order valence-corrected chi connectivity index (χ3v) is 2.88. The van der Waals surface area contributed by atoms with Crippen LogP contribution < -0.4 is 0 Å². The highest BCUT2D eigenvalue weighted by Gasteiger charge is 2.22. The quantitative estimate of drug-likeness (QED) is 0.815. The van der Waals surface area contributed by atoms with Crippen molar-refractivity contribution in [2.24, 2.45) is 5.92 Å².